The van der Waals surface area contributed by atoms with E-state index in [0.717, 1.165) is 64.2 Å². The van der Waals surface area contributed by atoms with Gasteiger partial charge in [-0.15, -0.1) is 0 Å². The van der Waals surface area contributed by atoms with E-state index in [1.165, 1.54) is 193 Å². The molecule has 0 spiro atoms. The summed E-state index contributed by atoms with van der Waals surface area (Å²) in [5.41, 5.74) is 0. The Bertz CT molecular complexity index is 767. The van der Waals surface area contributed by atoms with Gasteiger partial charge in [-0.1, -0.05) is 259 Å². The molecule has 9 heteroatoms. The molecular weight excluding hydrogens is 786 g/mol. The molecule has 0 saturated carbocycles. The maximum Gasteiger partial charge on any atom is 2.00 e. The van der Waals surface area contributed by atoms with Gasteiger partial charge in [-0.25, -0.2) is 0 Å². The maximum absolute atomic E-state index is 11.9. The average Bonchev–Trinajstić information content (AvgIpc) is 3.17. The predicted molar refractivity (Wildman–Crippen MR) is 244 cm³/mol. The van der Waals surface area contributed by atoms with Crippen molar-refractivity contribution in [3.63, 3.8) is 0 Å². The second kappa shape index (κ2) is 51.2. The van der Waals surface area contributed by atoms with E-state index in [1.807, 2.05) is 0 Å². The van der Waals surface area contributed by atoms with Crippen LogP contribution < -0.4 is 9.79 Å². The normalized spacial score (nSPS) is 13.4. The van der Waals surface area contributed by atoms with Gasteiger partial charge in [0.15, 0.2) is 0 Å². The van der Waals surface area contributed by atoms with Crippen molar-refractivity contribution in [2.45, 2.75) is 285 Å². The topological polar surface area (TPSA) is 98.7 Å². The Kier molecular flexibility index (Phi) is 55.8. The van der Waals surface area contributed by atoms with Crippen LogP contribution in [0.5, 0.6) is 0 Å². The van der Waals surface area contributed by atoms with Crippen LogP contribution in [0.1, 0.15) is 285 Å². The van der Waals surface area contributed by atoms with Crippen LogP contribution in [0.15, 0.2) is 0 Å². The molecule has 0 aromatic heterocycles. The summed E-state index contributed by atoms with van der Waals surface area (Å²) in [6, 6.07) is 0. The van der Waals surface area contributed by atoms with E-state index >= 15 is 0 Å². The summed E-state index contributed by atoms with van der Waals surface area (Å²) >= 11 is 0. The van der Waals surface area contributed by atoms with Crippen LogP contribution in [0.3, 0.4) is 0 Å². The van der Waals surface area contributed by atoms with Gasteiger partial charge in [0.05, 0.1) is 13.2 Å². The summed E-state index contributed by atoms with van der Waals surface area (Å²) in [6.07, 6.45) is 49.9. The van der Waals surface area contributed by atoms with Crippen molar-refractivity contribution in [3.05, 3.63) is 0 Å². The Hall–Kier alpha value is 0.832. The molecule has 57 heavy (non-hydrogen) atoms. The minimum atomic E-state index is -3.59. The van der Waals surface area contributed by atoms with E-state index in [4.69, 9.17) is 9.05 Å². The van der Waals surface area contributed by atoms with E-state index in [-0.39, 0.29) is 29.7 Å². The number of unbranched alkanes of at least 4 members (excludes halogenated alkanes) is 36. The van der Waals surface area contributed by atoms with Crippen LogP contribution in [0.4, 0.5) is 0 Å². The summed E-state index contributed by atoms with van der Waals surface area (Å²) in [6.45, 7) is 9.76. The molecule has 0 aliphatic heterocycles. The first-order valence-corrected chi connectivity index (χ1v) is 28.6. The van der Waals surface area contributed by atoms with E-state index in [2.05, 4.69) is 27.7 Å². The van der Waals surface area contributed by atoms with E-state index in [9.17, 15) is 18.9 Å². The van der Waals surface area contributed by atoms with Crippen molar-refractivity contribution in [2.24, 2.45) is 0 Å². The standard InChI is InChI=1S/2C24H51O3P.Cr/c2*1-3-5-7-9-11-13-15-17-19-21-23-27-28(25,26)24-22-20-18-16-14-12-10-8-6-4-2;/h2*3-24H2,1-2H3,(H,25,26);/q;;+2/p-2. The molecule has 344 valence electrons. The van der Waals surface area contributed by atoms with E-state index in [1.54, 1.807) is 0 Å². The van der Waals surface area contributed by atoms with Crippen LogP contribution in [0.2, 0.25) is 0 Å². The molecule has 2 atom stereocenters. The van der Waals surface area contributed by atoms with Crippen LogP contribution in [-0.4, -0.2) is 25.5 Å². The molecule has 0 amide bonds. The molecule has 0 bridgehead atoms. The van der Waals surface area contributed by atoms with Crippen LogP contribution in [0.25, 0.3) is 0 Å². The molecule has 2 unspecified atom stereocenters. The first-order valence-electron chi connectivity index (χ1n) is 25.1. The van der Waals surface area contributed by atoms with Crippen molar-refractivity contribution in [1.82, 2.24) is 0 Å². The second-order valence-electron chi connectivity index (χ2n) is 17.1. The molecule has 0 saturated heterocycles. The predicted octanol–water partition coefficient (Wildman–Crippen LogP) is 16.8. The molecular formula is C48H100CrO6P2. The van der Waals surface area contributed by atoms with Crippen LogP contribution in [0, 0.1) is 0 Å². The van der Waals surface area contributed by atoms with Gasteiger partial charge < -0.3 is 28.0 Å². The summed E-state index contributed by atoms with van der Waals surface area (Å²) in [5.74, 6) is 0. The Labute approximate surface area is 369 Å². The second-order valence-corrected chi connectivity index (χ2v) is 20.9. The SMILES string of the molecule is CCCCCCCCCCCCOP(=O)([O-])CCCCCCCCCCCC.CCCCCCCCCCCCOP(=O)([O-])CCCCCCCCCCCC.[Cr+2]. The maximum atomic E-state index is 11.9. The quantitative estimate of drug-likeness (QED) is 0.0446. The number of hydrogen-bond donors (Lipinski definition) is 0. The van der Waals surface area contributed by atoms with Gasteiger partial charge in [-0.3, -0.25) is 0 Å². The average molecular weight is 887 g/mol. The molecule has 0 aromatic carbocycles. The third-order valence-corrected chi connectivity index (χ3v) is 14.0. The largest absolute Gasteiger partial charge is 2.00 e. The molecule has 0 aromatic rings. The minimum Gasteiger partial charge on any atom is -0.778 e. The van der Waals surface area contributed by atoms with Crippen LogP contribution in [-0.2, 0) is 35.5 Å². The number of hydrogen-bond acceptors (Lipinski definition) is 6. The molecule has 0 aliphatic rings. The van der Waals surface area contributed by atoms with Gasteiger partial charge in [0.2, 0.25) is 0 Å². The third kappa shape index (κ3) is 56.8. The first-order chi connectivity index (χ1) is 27.2. The number of rotatable bonds is 46. The van der Waals surface area contributed by atoms with Crippen molar-refractivity contribution in [1.29, 1.82) is 0 Å². The molecule has 0 fully saturated rings. The fourth-order valence-electron chi connectivity index (χ4n) is 7.30. The zero-order valence-electron chi connectivity index (χ0n) is 38.9. The zero-order valence-corrected chi connectivity index (χ0v) is 41.9. The molecule has 0 rings (SSSR count). The third-order valence-electron chi connectivity index (χ3n) is 11.1. The Morgan fingerprint density at radius 2 is 0.439 bits per heavy atom. The summed E-state index contributed by atoms with van der Waals surface area (Å²) in [7, 11) is -7.19. The Balaban J connectivity index is -0.00000101. The van der Waals surface area contributed by atoms with Gasteiger partial charge in [-0.05, 0) is 25.7 Å². The monoisotopic (exact) mass is 887 g/mol. The van der Waals surface area contributed by atoms with Gasteiger partial charge in [0, 0.05) is 12.3 Å². The van der Waals surface area contributed by atoms with E-state index in [0.29, 0.717) is 13.2 Å². The summed E-state index contributed by atoms with van der Waals surface area (Å²) in [5, 5.41) is 0. The Morgan fingerprint density at radius 1 is 0.281 bits per heavy atom. The van der Waals surface area contributed by atoms with Crippen molar-refractivity contribution < 1.29 is 45.3 Å². The van der Waals surface area contributed by atoms with Gasteiger partial charge in [0.25, 0.3) is 0 Å². The molecule has 0 radical (unpaired) electrons. The summed E-state index contributed by atoms with van der Waals surface area (Å²) < 4.78 is 34.2. The molecule has 6 nitrogen and oxygen atoms in total. The minimum absolute atomic E-state index is 0. The smallest absolute Gasteiger partial charge is 0.778 e. The van der Waals surface area contributed by atoms with Crippen molar-refractivity contribution >= 4 is 15.2 Å². The molecule has 0 heterocycles. The Morgan fingerprint density at radius 3 is 0.632 bits per heavy atom. The summed E-state index contributed by atoms with van der Waals surface area (Å²) in [4.78, 5) is 23.9. The fourth-order valence-corrected chi connectivity index (χ4v) is 9.60. The molecule has 0 N–H and O–H groups in total. The first kappa shape index (κ1) is 62.1. The zero-order chi connectivity index (χ0) is 41.5. The van der Waals surface area contributed by atoms with Gasteiger partial charge in [-0.2, -0.15) is 0 Å². The van der Waals surface area contributed by atoms with Crippen molar-refractivity contribution in [3.8, 4) is 0 Å². The fraction of sp³-hybridized carbons (Fsp3) is 1.00. The van der Waals surface area contributed by atoms with Gasteiger partial charge >= 0.3 is 17.4 Å². The van der Waals surface area contributed by atoms with E-state index < -0.39 is 15.2 Å². The van der Waals surface area contributed by atoms with Crippen LogP contribution >= 0.6 is 15.2 Å². The molecule has 0 aliphatic carbocycles. The van der Waals surface area contributed by atoms with Crippen molar-refractivity contribution in [2.75, 3.05) is 25.5 Å². The van der Waals surface area contributed by atoms with Gasteiger partial charge in [0.1, 0.15) is 15.2 Å².